The first-order valence-electron chi connectivity index (χ1n) is 7.47. The van der Waals surface area contributed by atoms with E-state index in [-0.39, 0.29) is 11.3 Å². The van der Waals surface area contributed by atoms with Gasteiger partial charge in [-0.2, -0.15) is 5.10 Å². The third-order valence-corrected chi connectivity index (χ3v) is 3.79. The molecule has 1 heterocycles. The van der Waals surface area contributed by atoms with Crippen LogP contribution in [0.5, 0.6) is 0 Å². The Morgan fingerprint density at radius 1 is 1.12 bits per heavy atom. The lowest BCUT2D eigenvalue weighted by Crippen LogP contribution is -2.17. The third kappa shape index (κ3) is 3.96. The minimum atomic E-state index is -0.534. The Labute approximate surface area is 153 Å². The van der Waals surface area contributed by atoms with E-state index >= 15 is 0 Å². The highest BCUT2D eigenvalue weighted by Gasteiger charge is 2.09. The minimum absolute atomic E-state index is 0.0901. The van der Waals surface area contributed by atoms with E-state index in [1.165, 1.54) is 30.5 Å². The molecule has 3 aromatic rings. The largest absolute Gasteiger partial charge is 0.455 e. The molecular weight excluding hydrogens is 358 g/mol. The summed E-state index contributed by atoms with van der Waals surface area (Å²) in [6.07, 6.45) is 1.35. The Balaban J connectivity index is 1.65. The monoisotopic (exact) mass is 369 g/mol. The van der Waals surface area contributed by atoms with Crippen LogP contribution < -0.4 is 5.43 Å². The van der Waals surface area contributed by atoms with Gasteiger partial charge >= 0.3 is 0 Å². The molecular formula is C18H12ClN3O4. The zero-order valence-corrected chi connectivity index (χ0v) is 14.0. The fourth-order valence-corrected chi connectivity index (χ4v) is 2.41. The number of nitro groups is 1. The van der Waals surface area contributed by atoms with Crippen LogP contribution in [0.25, 0.3) is 11.3 Å². The summed E-state index contributed by atoms with van der Waals surface area (Å²) in [6, 6.07) is 15.9. The van der Waals surface area contributed by atoms with Crippen LogP contribution in [0.4, 0.5) is 5.69 Å². The number of hydrogen-bond donors (Lipinski definition) is 1. The van der Waals surface area contributed by atoms with Gasteiger partial charge in [0, 0.05) is 23.3 Å². The number of hydrogen-bond acceptors (Lipinski definition) is 5. The Bertz CT molecular complexity index is 980. The second-order valence-electron chi connectivity index (χ2n) is 5.18. The predicted octanol–water partition coefficient (Wildman–Crippen LogP) is 4.27. The van der Waals surface area contributed by atoms with Crippen molar-refractivity contribution in [2.45, 2.75) is 0 Å². The Morgan fingerprint density at radius 2 is 1.85 bits per heavy atom. The van der Waals surface area contributed by atoms with Gasteiger partial charge in [-0.3, -0.25) is 14.9 Å². The summed E-state index contributed by atoms with van der Waals surface area (Å²) >= 11 is 6.12. The van der Waals surface area contributed by atoms with Crippen molar-refractivity contribution in [2.24, 2.45) is 5.10 Å². The summed E-state index contributed by atoms with van der Waals surface area (Å²) in [5, 5.41) is 15.0. The molecule has 0 spiro atoms. The number of furan rings is 1. The molecule has 0 saturated heterocycles. The van der Waals surface area contributed by atoms with Gasteiger partial charge in [-0.15, -0.1) is 0 Å². The first kappa shape index (κ1) is 17.4. The lowest BCUT2D eigenvalue weighted by Gasteiger charge is -1.99. The maximum absolute atomic E-state index is 11.9. The number of amides is 1. The Morgan fingerprint density at radius 3 is 2.54 bits per heavy atom. The molecule has 1 amide bonds. The van der Waals surface area contributed by atoms with Crippen LogP contribution in [0.3, 0.4) is 0 Å². The van der Waals surface area contributed by atoms with E-state index in [0.29, 0.717) is 16.5 Å². The lowest BCUT2D eigenvalue weighted by molar-refractivity contribution is -0.384. The fourth-order valence-electron chi connectivity index (χ4n) is 2.18. The molecule has 0 bridgehead atoms. The second-order valence-corrected chi connectivity index (χ2v) is 5.59. The summed E-state index contributed by atoms with van der Waals surface area (Å²) in [5.74, 6) is 0.525. The van der Waals surface area contributed by atoms with Crippen LogP contribution in [0.2, 0.25) is 5.02 Å². The van der Waals surface area contributed by atoms with Crippen LogP contribution >= 0.6 is 11.6 Å². The molecule has 7 nitrogen and oxygen atoms in total. The van der Waals surface area contributed by atoms with Gasteiger partial charge in [0.2, 0.25) is 0 Å². The molecule has 8 heteroatoms. The topological polar surface area (TPSA) is 97.7 Å². The molecule has 1 aromatic heterocycles. The molecule has 0 fully saturated rings. The summed E-state index contributed by atoms with van der Waals surface area (Å²) in [4.78, 5) is 22.0. The first-order chi connectivity index (χ1) is 12.5. The van der Waals surface area contributed by atoms with E-state index in [1.54, 1.807) is 18.2 Å². The van der Waals surface area contributed by atoms with E-state index in [4.69, 9.17) is 16.0 Å². The van der Waals surface area contributed by atoms with E-state index < -0.39 is 10.8 Å². The number of hydrazone groups is 1. The quantitative estimate of drug-likeness (QED) is 0.412. The summed E-state index contributed by atoms with van der Waals surface area (Å²) < 4.78 is 5.62. The molecule has 0 aliphatic heterocycles. The molecule has 3 rings (SSSR count). The third-order valence-electron chi connectivity index (χ3n) is 3.46. The average molecular weight is 370 g/mol. The van der Waals surface area contributed by atoms with Gasteiger partial charge in [0.1, 0.15) is 11.5 Å². The number of carbonyl (C=O) groups is 1. The number of rotatable bonds is 5. The van der Waals surface area contributed by atoms with E-state index in [9.17, 15) is 14.9 Å². The molecule has 2 aromatic carbocycles. The molecule has 0 radical (unpaired) electrons. The maximum Gasteiger partial charge on any atom is 0.271 e. The van der Waals surface area contributed by atoms with Crippen molar-refractivity contribution in [3.8, 4) is 11.3 Å². The molecule has 130 valence electrons. The number of benzene rings is 2. The summed E-state index contributed by atoms with van der Waals surface area (Å²) in [5.41, 5.74) is 3.25. The first-order valence-corrected chi connectivity index (χ1v) is 7.85. The van der Waals surface area contributed by atoms with E-state index in [0.717, 1.165) is 5.56 Å². The average Bonchev–Trinajstić information content (AvgIpc) is 3.10. The van der Waals surface area contributed by atoms with Crippen LogP contribution in [0, 0.1) is 10.1 Å². The number of halogens is 1. The lowest BCUT2D eigenvalue weighted by atomic mass is 10.2. The van der Waals surface area contributed by atoms with Gasteiger partial charge in [0.05, 0.1) is 16.2 Å². The highest BCUT2D eigenvalue weighted by atomic mass is 35.5. The van der Waals surface area contributed by atoms with Gasteiger partial charge in [0.15, 0.2) is 0 Å². The molecule has 26 heavy (non-hydrogen) atoms. The number of nitrogens with zero attached hydrogens (tertiary/aromatic N) is 2. The minimum Gasteiger partial charge on any atom is -0.455 e. The summed E-state index contributed by atoms with van der Waals surface area (Å²) in [6.45, 7) is 0. The van der Waals surface area contributed by atoms with Crippen molar-refractivity contribution < 1.29 is 14.1 Å². The number of nitro benzene ring substituents is 1. The summed E-state index contributed by atoms with van der Waals surface area (Å²) in [7, 11) is 0. The molecule has 1 N–H and O–H groups in total. The van der Waals surface area contributed by atoms with Crippen molar-refractivity contribution in [1.29, 1.82) is 0 Å². The Hall–Kier alpha value is -3.45. The van der Waals surface area contributed by atoms with Crippen LogP contribution in [-0.2, 0) is 0 Å². The highest BCUT2D eigenvalue weighted by molar-refractivity contribution is 6.33. The molecule has 0 aliphatic carbocycles. The van der Waals surface area contributed by atoms with Crippen molar-refractivity contribution >= 4 is 29.4 Å². The molecule has 0 atom stereocenters. The van der Waals surface area contributed by atoms with Crippen molar-refractivity contribution in [3.05, 3.63) is 87.1 Å². The van der Waals surface area contributed by atoms with Gasteiger partial charge in [-0.05, 0) is 36.4 Å². The SMILES string of the molecule is O=C(N/N=C\c1ccc(-c2ccccc2Cl)o1)c1ccc([N+](=O)[O-])cc1. The zero-order valence-electron chi connectivity index (χ0n) is 13.3. The smallest absolute Gasteiger partial charge is 0.271 e. The number of non-ortho nitro benzene ring substituents is 1. The Kier molecular flexibility index (Phi) is 5.09. The van der Waals surface area contributed by atoms with Gasteiger partial charge in [-0.1, -0.05) is 23.7 Å². The maximum atomic E-state index is 11.9. The van der Waals surface area contributed by atoms with Crippen molar-refractivity contribution in [1.82, 2.24) is 5.43 Å². The van der Waals surface area contributed by atoms with Crippen LogP contribution in [0.15, 0.2) is 70.2 Å². The highest BCUT2D eigenvalue weighted by Crippen LogP contribution is 2.28. The predicted molar refractivity (Wildman–Crippen MR) is 97.3 cm³/mol. The number of nitrogens with one attached hydrogen (secondary N) is 1. The second kappa shape index (κ2) is 7.62. The molecule has 0 aliphatic rings. The van der Waals surface area contributed by atoms with Crippen LogP contribution in [-0.4, -0.2) is 17.0 Å². The zero-order chi connectivity index (χ0) is 18.5. The standard InChI is InChI=1S/C18H12ClN3O4/c19-16-4-2-1-3-15(16)17-10-9-14(26-17)11-20-21-18(23)12-5-7-13(8-6-12)22(24)25/h1-11H,(H,21,23)/b20-11-. The van der Waals surface area contributed by atoms with Gasteiger partial charge in [0.25, 0.3) is 11.6 Å². The molecule has 0 unspecified atom stereocenters. The molecule has 0 saturated carbocycles. The van der Waals surface area contributed by atoms with E-state index in [2.05, 4.69) is 10.5 Å². The van der Waals surface area contributed by atoms with Gasteiger partial charge < -0.3 is 4.42 Å². The van der Waals surface area contributed by atoms with E-state index in [1.807, 2.05) is 18.2 Å². The normalized spacial score (nSPS) is 10.8. The van der Waals surface area contributed by atoms with Crippen LogP contribution in [0.1, 0.15) is 16.1 Å². The number of carbonyl (C=O) groups excluding carboxylic acids is 1. The fraction of sp³-hybridized carbons (Fsp3) is 0. The van der Waals surface area contributed by atoms with Gasteiger partial charge in [-0.25, -0.2) is 5.43 Å². The van der Waals surface area contributed by atoms with Crippen molar-refractivity contribution in [2.75, 3.05) is 0 Å². The van der Waals surface area contributed by atoms with Crippen molar-refractivity contribution in [3.63, 3.8) is 0 Å².